The molecule has 0 bridgehead atoms. The predicted octanol–water partition coefficient (Wildman–Crippen LogP) is 3.21. The Bertz CT molecular complexity index is 821. The number of aryl methyl sites for hydroxylation is 1. The van der Waals surface area contributed by atoms with Gasteiger partial charge in [0.15, 0.2) is 0 Å². The highest BCUT2D eigenvalue weighted by atomic mass is 16.6. The molecule has 5 heteroatoms. The van der Waals surface area contributed by atoms with Crippen LogP contribution in [0.5, 0.6) is 0 Å². The molecule has 0 saturated carbocycles. The molecule has 0 amide bonds. The van der Waals surface area contributed by atoms with E-state index in [4.69, 9.17) is 0 Å². The van der Waals surface area contributed by atoms with Crippen LogP contribution in [-0.2, 0) is 13.2 Å². The zero-order chi connectivity index (χ0) is 14.3. The van der Waals surface area contributed by atoms with Crippen LogP contribution in [0.25, 0.3) is 21.8 Å². The van der Waals surface area contributed by atoms with E-state index in [1.54, 1.807) is 12.1 Å². The second-order valence-corrected chi connectivity index (χ2v) is 4.71. The van der Waals surface area contributed by atoms with Crippen LogP contribution in [0.4, 0.5) is 5.69 Å². The van der Waals surface area contributed by atoms with Crippen molar-refractivity contribution >= 4 is 27.5 Å². The highest BCUT2D eigenvalue weighted by Gasteiger charge is 2.14. The summed E-state index contributed by atoms with van der Waals surface area (Å²) in [4.78, 5) is 10.6. The number of hydrogen-bond donors (Lipinski definition) is 1. The van der Waals surface area contributed by atoms with E-state index in [-0.39, 0.29) is 17.2 Å². The fraction of sp³-hybridized carbons (Fsp3) is 0.200. The molecule has 3 rings (SSSR count). The zero-order valence-electron chi connectivity index (χ0n) is 11.0. The van der Waals surface area contributed by atoms with Gasteiger partial charge in [0.1, 0.15) is 0 Å². The van der Waals surface area contributed by atoms with Crippen molar-refractivity contribution in [3.8, 4) is 0 Å². The summed E-state index contributed by atoms with van der Waals surface area (Å²) in [6, 6.07) is 10.6. The smallest absolute Gasteiger partial charge is 0.270 e. The SMILES string of the molecule is CCn1c2ccc(CO)cc2c2cc([N+](=O)[O-])ccc21. The molecule has 0 atom stereocenters. The number of hydrogen-bond acceptors (Lipinski definition) is 3. The number of aromatic nitrogens is 1. The highest BCUT2D eigenvalue weighted by Crippen LogP contribution is 2.32. The van der Waals surface area contributed by atoms with Crippen LogP contribution in [0, 0.1) is 10.1 Å². The van der Waals surface area contributed by atoms with Gasteiger partial charge in [-0.05, 0) is 30.7 Å². The lowest BCUT2D eigenvalue weighted by molar-refractivity contribution is -0.384. The van der Waals surface area contributed by atoms with E-state index in [1.165, 1.54) is 6.07 Å². The lowest BCUT2D eigenvalue weighted by atomic mass is 10.1. The summed E-state index contributed by atoms with van der Waals surface area (Å²) >= 11 is 0. The molecule has 0 spiro atoms. The second kappa shape index (κ2) is 4.61. The fourth-order valence-corrected chi connectivity index (χ4v) is 2.69. The number of benzene rings is 2. The number of aliphatic hydroxyl groups excluding tert-OH is 1. The van der Waals surface area contributed by atoms with E-state index in [1.807, 2.05) is 25.1 Å². The summed E-state index contributed by atoms with van der Waals surface area (Å²) in [6.07, 6.45) is 0. The number of nitrogens with zero attached hydrogens (tertiary/aromatic N) is 2. The summed E-state index contributed by atoms with van der Waals surface area (Å²) in [7, 11) is 0. The maximum absolute atomic E-state index is 10.9. The predicted molar refractivity (Wildman–Crippen MR) is 77.7 cm³/mol. The molecule has 2 aromatic carbocycles. The van der Waals surface area contributed by atoms with Gasteiger partial charge in [-0.1, -0.05) is 6.07 Å². The van der Waals surface area contributed by atoms with Crippen molar-refractivity contribution in [2.45, 2.75) is 20.1 Å². The lowest BCUT2D eigenvalue weighted by Gasteiger charge is -2.03. The van der Waals surface area contributed by atoms with E-state index in [2.05, 4.69) is 4.57 Å². The van der Waals surface area contributed by atoms with Crippen LogP contribution in [-0.4, -0.2) is 14.6 Å². The Morgan fingerprint density at radius 1 is 1.15 bits per heavy atom. The first-order valence-corrected chi connectivity index (χ1v) is 6.46. The molecular weight excluding hydrogens is 256 g/mol. The number of aliphatic hydroxyl groups is 1. The topological polar surface area (TPSA) is 68.3 Å². The van der Waals surface area contributed by atoms with Gasteiger partial charge in [0.25, 0.3) is 5.69 Å². The first kappa shape index (κ1) is 12.6. The van der Waals surface area contributed by atoms with Crippen molar-refractivity contribution in [3.63, 3.8) is 0 Å². The van der Waals surface area contributed by atoms with Gasteiger partial charge in [-0.2, -0.15) is 0 Å². The molecule has 5 nitrogen and oxygen atoms in total. The molecular formula is C15H14N2O3. The summed E-state index contributed by atoms with van der Waals surface area (Å²) in [6.45, 7) is 2.79. The summed E-state index contributed by atoms with van der Waals surface area (Å²) in [5, 5.41) is 22.0. The molecule has 1 heterocycles. The third-order valence-electron chi connectivity index (χ3n) is 3.62. The normalized spacial score (nSPS) is 11.3. The Balaban J connectivity index is 2.44. The largest absolute Gasteiger partial charge is 0.392 e. The maximum atomic E-state index is 10.9. The van der Waals surface area contributed by atoms with E-state index in [9.17, 15) is 15.2 Å². The minimum Gasteiger partial charge on any atom is -0.392 e. The average Bonchev–Trinajstić information content (AvgIpc) is 2.79. The number of non-ortho nitro benzene ring substituents is 1. The zero-order valence-corrected chi connectivity index (χ0v) is 11.0. The highest BCUT2D eigenvalue weighted by molar-refractivity contribution is 6.09. The first-order valence-electron chi connectivity index (χ1n) is 6.46. The molecule has 3 aromatic rings. The summed E-state index contributed by atoms with van der Waals surface area (Å²) in [5.74, 6) is 0. The van der Waals surface area contributed by atoms with E-state index < -0.39 is 0 Å². The molecule has 0 radical (unpaired) electrons. The van der Waals surface area contributed by atoms with Gasteiger partial charge in [-0.3, -0.25) is 10.1 Å². The number of rotatable bonds is 3. The van der Waals surface area contributed by atoms with Gasteiger partial charge in [-0.25, -0.2) is 0 Å². The molecule has 20 heavy (non-hydrogen) atoms. The van der Waals surface area contributed by atoms with Gasteiger partial charge in [-0.15, -0.1) is 0 Å². The monoisotopic (exact) mass is 270 g/mol. The van der Waals surface area contributed by atoms with Gasteiger partial charge in [0.05, 0.1) is 11.5 Å². The molecule has 0 unspecified atom stereocenters. The van der Waals surface area contributed by atoms with Crippen LogP contribution >= 0.6 is 0 Å². The molecule has 1 N–H and O–H groups in total. The Hall–Kier alpha value is -2.40. The standard InChI is InChI=1S/C15H14N2O3/c1-2-16-14-5-3-10(9-18)7-12(14)13-8-11(17(19)20)4-6-15(13)16/h3-8,18H,2,9H2,1H3. The minimum atomic E-state index is -0.384. The van der Waals surface area contributed by atoms with Crippen molar-refractivity contribution in [1.82, 2.24) is 4.57 Å². The van der Waals surface area contributed by atoms with Crippen LogP contribution in [0.1, 0.15) is 12.5 Å². The van der Waals surface area contributed by atoms with Crippen molar-refractivity contribution in [2.75, 3.05) is 0 Å². The second-order valence-electron chi connectivity index (χ2n) is 4.71. The van der Waals surface area contributed by atoms with Crippen molar-refractivity contribution in [1.29, 1.82) is 0 Å². The molecule has 102 valence electrons. The third-order valence-corrected chi connectivity index (χ3v) is 3.62. The molecule has 0 aliphatic rings. The van der Waals surface area contributed by atoms with Crippen LogP contribution in [0.15, 0.2) is 36.4 Å². The lowest BCUT2D eigenvalue weighted by Crippen LogP contribution is -1.93. The van der Waals surface area contributed by atoms with E-state index >= 15 is 0 Å². The molecule has 0 fully saturated rings. The first-order chi connectivity index (χ1) is 9.65. The van der Waals surface area contributed by atoms with Gasteiger partial charge in [0.2, 0.25) is 0 Å². The quantitative estimate of drug-likeness (QED) is 0.587. The van der Waals surface area contributed by atoms with Crippen LogP contribution in [0.3, 0.4) is 0 Å². The fourth-order valence-electron chi connectivity index (χ4n) is 2.69. The Kier molecular flexibility index (Phi) is 2.91. The maximum Gasteiger partial charge on any atom is 0.270 e. The number of nitro groups is 1. The van der Waals surface area contributed by atoms with E-state index in [0.29, 0.717) is 0 Å². The van der Waals surface area contributed by atoms with Crippen molar-refractivity contribution in [3.05, 3.63) is 52.1 Å². The average molecular weight is 270 g/mol. The van der Waals surface area contributed by atoms with Gasteiger partial charge in [0, 0.05) is 40.5 Å². The third kappa shape index (κ3) is 1.75. The summed E-state index contributed by atoms with van der Waals surface area (Å²) in [5.41, 5.74) is 2.89. The van der Waals surface area contributed by atoms with Gasteiger partial charge >= 0.3 is 0 Å². The van der Waals surface area contributed by atoms with Crippen LogP contribution in [0.2, 0.25) is 0 Å². The minimum absolute atomic E-state index is 0.0380. The van der Waals surface area contributed by atoms with Crippen molar-refractivity contribution < 1.29 is 10.0 Å². The van der Waals surface area contributed by atoms with Gasteiger partial charge < -0.3 is 9.67 Å². The Morgan fingerprint density at radius 3 is 2.40 bits per heavy atom. The Labute approximate surface area is 115 Å². The number of nitro benzene ring substituents is 1. The molecule has 0 aliphatic heterocycles. The molecule has 0 aliphatic carbocycles. The Morgan fingerprint density at radius 2 is 1.80 bits per heavy atom. The molecule has 0 saturated heterocycles. The molecule has 1 aromatic heterocycles. The van der Waals surface area contributed by atoms with E-state index in [0.717, 1.165) is 33.9 Å². The summed E-state index contributed by atoms with van der Waals surface area (Å²) < 4.78 is 2.12. The number of fused-ring (bicyclic) bond motifs is 3. The van der Waals surface area contributed by atoms with Crippen LogP contribution < -0.4 is 0 Å². The van der Waals surface area contributed by atoms with Crippen molar-refractivity contribution in [2.24, 2.45) is 0 Å².